The zero-order valence-corrected chi connectivity index (χ0v) is 12.0. The van der Waals surface area contributed by atoms with Gasteiger partial charge in [-0.05, 0) is 50.7 Å². The second kappa shape index (κ2) is 6.04. The summed E-state index contributed by atoms with van der Waals surface area (Å²) in [5.41, 5.74) is 2.08. The van der Waals surface area contributed by atoms with Crippen LogP contribution in [-0.2, 0) is 0 Å². The summed E-state index contributed by atoms with van der Waals surface area (Å²) in [6.45, 7) is 4.05. The molecule has 2 aromatic rings. The van der Waals surface area contributed by atoms with Crippen molar-refractivity contribution in [1.29, 1.82) is 0 Å². The van der Waals surface area contributed by atoms with Crippen molar-refractivity contribution in [2.24, 2.45) is 0 Å². The first-order chi connectivity index (χ1) is 9.10. The first kappa shape index (κ1) is 13.8. The van der Waals surface area contributed by atoms with E-state index in [1.165, 1.54) is 0 Å². The van der Waals surface area contributed by atoms with Gasteiger partial charge in [0.25, 0.3) is 0 Å². The summed E-state index contributed by atoms with van der Waals surface area (Å²) in [6, 6.07) is 9.76. The Morgan fingerprint density at radius 1 is 1.26 bits per heavy atom. The lowest BCUT2D eigenvalue weighted by Crippen LogP contribution is -2.13. The predicted molar refractivity (Wildman–Crippen MR) is 78.0 cm³/mol. The van der Waals surface area contributed by atoms with Crippen LogP contribution in [0.1, 0.15) is 24.2 Å². The summed E-state index contributed by atoms with van der Waals surface area (Å²) >= 11 is 6.13. The highest BCUT2D eigenvalue weighted by Crippen LogP contribution is 2.29. The number of hydrogen-bond donors (Lipinski definition) is 1. The molecule has 1 atom stereocenters. The van der Waals surface area contributed by atoms with Crippen LogP contribution in [0.5, 0.6) is 11.5 Å². The molecule has 1 aromatic heterocycles. The highest BCUT2D eigenvalue weighted by molar-refractivity contribution is 6.32. The van der Waals surface area contributed by atoms with Crippen LogP contribution in [0, 0.1) is 6.92 Å². The van der Waals surface area contributed by atoms with E-state index in [0.717, 1.165) is 11.3 Å². The first-order valence-electron chi connectivity index (χ1n) is 6.17. The van der Waals surface area contributed by atoms with Crippen LogP contribution in [-0.4, -0.2) is 12.0 Å². The molecule has 0 amide bonds. The van der Waals surface area contributed by atoms with Crippen LogP contribution in [0.4, 0.5) is 0 Å². The van der Waals surface area contributed by atoms with E-state index >= 15 is 0 Å². The normalized spacial score (nSPS) is 12.2. The number of hydrogen-bond acceptors (Lipinski definition) is 3. The quantitative estimate of drug-likeness (QED) is 0.912. The Morgan fingerprint density at radius 2 is 2.05 bits per heavy atom. The zero-order chi connectivity index (χ0) is 13.8. The van der Waals surface area contributed by atoms with Gasteiger partial charge in [-0.15, -0.1) is 0 Å². The molecule has 1 unspecified atom stereocenters. The summed E-state index contributed by atoms with van der Waals surface area (Å²) in [5.74, 6) is 1.32. The van der Waals surface area contributed by atoms with Gasteiger partial charge in [0.1, 0.15) is 11.5 Å². The Morgan fingerprint density at radius 3 is 2.63 bits per heavy atom. The zero-order valence-electron chi connectivity index (χ0n) is 11.3. The molecule has 0 fully saturated rings. The molecule has 0 aliphatic carbocycles. The van der Waals surface area contributed by atoms with Crippen LogP contribution in [0.25, 0.3) is 0 Å². The van der Waals surface area contributed by atoms with Crippen LogP contribution < -0.4 is 10.1 Å². The fourth-order valence-corrected chi connectivity index (χ4v) is 1.95. The summed E-state index contributed by atoms with van der Waals surface area (Å²) in [5, 5.41) is 3.75. The molecule has 3 nitrogen and oxygen atoms in total. The SMILES string of the molecule is CNC(C)c1ccc(Oc2ccc(C)cc2Cl)cn1. The average Bonchev–Trinajstić information content (AvgIpc) is 2.42. The first-order valence-corrected chi connectivity index (χ1v) is 6.55. The second-order valence-electron chi connectivity index (χ2n) is 4.47. The summed E-state index contributed by atoms with van der Waals surface area (Å²) < 4.78 is 5.72. The van der Waals surface area contributed by atoms with E-state index in [0.29, 0.717) is 16.5 Å². The van der Waals surface area contributed by atoms with Crippen LogP contribution in [0.2, 0.25) is 5.02 Å². The predicted octanol–water partition coefficient (Wildman–Crippen LogP) is 4.12. The van der Waals surface area contributed by atoms with E-state index in [9.17, 15) is 0 Å². The van der Waals surface area contributed by atoms with Gasteiger partial charge in [-0.1, -0.05) is 17.7 Å². The monoisotopic (exact) mass is 276 g/mol. The molecule has 4 heteroatoms. The Bertz CT molecular complexity index is 555. The van der Waals surface area contributed by atoms with E-state index in [-0.39, 0.29) is 6.04 Å². The maximum Gasteiger partial charge on any atom is 0.146 e. The Hall–Kier alpha value is -1.58. The molecule has 100 valence electrons. The van der Waals surface area contributed by atoms with E-state index in [4.69, 9.17) is 16.3 Å². The van der Waals surface area contributed by atoms with E-state index in [1.807, 2.05) is 44.3 Å². The van der Waals surface area contributed by atoms with Crippen LogP contribution in [0.15, 0.2) is 36.5 Å². The summed E-state index contributed by atoms with van der Waals surface area (Å²) in [7, 11) is 1.91. The number of halogens is 1. The van der Waals surface area contributed by atoms with Crippen molar-refractivity contribution < 1.29 is 4.74 Å². The molecule has 0 bridgehead atoms. The van der Waals surface area contributed by atoms with Crippen molar-refractivity contribution in [2.75, 3.05) is 7.05 Å². The number of aryl methyl sites for hydroxylation is 1. The van der Waals surface area contributed by atoms with Gasteiger partial charge >= 0.3 is 0 Å². The van der Waals surface area contributed by atoms with Crippen molar-refractivity contribution >= 4 is 11.6 Å². The highest BCUT2D eigenvalue weighted by Gasteiger charge is 2.06. The Kier molecular flexibility index (Phi) is 4.40. The molecule has 0 aliphatic rings. The fraction of sp³-hybridized carbons (Fsp3) is 0.267. The van der Waals surface area contributed by atoms with Crippen molar-refractivity contribution in [3.63, 3.8) is 0 Å². The van der Waals surface area contributed by atoms with Gasteiger partial charge in [-0.2, -0.15) is 0 Å². The molecule has 0 saturated carbocycles. The number of pyridine rings is 1. The van der Waals surface area contributed by atoms with Gasteiger partial charge in [0.05, 0.1) is 16.9 Å². The molecular formula is C15H17ClN2O. The molecule has 0 radical (unpaired) electrons. The molecule has 1 aromatic carbocycles. The van der Waals surface area contributed by atoms with Gasteiger partial charge in [0.15, 0.2) is 0 Å². The van der Waals surface area contributed by atoms with Crippen molar-refractivity contribution in [3.8, 4) is 11.5 Å². The van der Waals surface area contributed by atoms with Gasteiger partial charge in [-0.3, -0.25) is 4.98 Å². The third-order valence-corrected chi connectivity index (χ3v) is 3.25. The lowest BCUT2D eigenvalue weighted by molar-refractivity contribution is 0.479. The fourth-order valence-electron chi connectivity index (χ4n) is 1.67. The van der Waals surface area contributed by atoms with Gasteiger partial charge in [0, 0.05) is 6.04 Å². The average molecular weight is 277 g/mol. The van der Waals surface area contributed by atoms with Crippen LogP contribution in [0.3, 0.4) is 0 Å². The minimum Gasteiger partial charge on any atom is -0.454 e. The number of nitrogens with one attached hydrogen (secondary N) is 1. The number of benzene rings is 1. The Labute approximate surface area is 118 Å². The van der Waals surface area contributed by atoms with E-state index < -0.39 is 0 Å². The number of rotatable bonds is 4. The largest absolute Gasteiger partial charge is 0.454 e. The summed E-state index contributed by atoms with van der Waals surface area (Å²) in [6.07, 6.45) is 1.71. The van der Waals surface area contributed by atoms with Crippen molar-refractivity contribution in [3.05, 3.63) is 52.8 Å². The molecule has 0 saturated heterocycles. The maximum absolute atomic E-state index is 6.13. The molecule has 0 spiro atoms. The molecule has 1 N–H and O–H groups in total. The third-order valence-electron chi connectivity index (χ3n) is 2.95. The summed E-state index contributed by atoms with van der Waals surface area (Å²) in [4.78, 5) is 4.36. The maximum atomic E-state index is 6.13. The highest BCUT2D eigenvalue weighted by atomic mass is 35.5. The smallest absolute Gasteiger partial charge is 0.146 e. The van der Waals surface area contributed by atoms with Gasteiger partial charge < -0.3 is 10.1 Å². The van der Waals surface area contributed by atoms with Crippen LogP contribution >= 0.6 is 11.6 Å². The van der Waals surface area contributed by atoms with Gasteiger partial charge in [-0.25, -0.2) is 0 Å². The molecule has 19 heavy (non-hydrogen) atoms. The number of aromatic nitrogens is 1. The lowest BCUT2D eigenvalue weighted by Gasteiger charge is -2.11. The Balaban J connectivity index is 2.15. The molecule has 1 heterocycles. The minimum atomic E-state index is 0.219. The van der Waals surface area contributed by atoms with E-state index in [1.54, 1.807) is 6.20 Å². The molecule has 2 rings (SSSR count). The molecule has 0 aliphatic heterocycles. The lowest BCUT2D eigenvalue weighted by atomic mass is 10.2. The van der Waals surface area contributed by atoms with E-state index in [2.05, 4.69) is 17.2 Å². The standard InChI is InChI=1S/C15H17ClN2O/c1-10-4-7-15(13(16)8-10)19-12-5-6-14(18-9-12)11(2)17-3/h4-9,11,17H,1-3H3. The minimum absolute atomic E-state index is 0.219. The molecular weight excluding hydrogens is 260 g/mol. The topological polar surface area (TPSA) is 34.1 Å². The number of ether oxygens (including phenoxy) is 1. The number of nitrogens with zero attached hydrogens (tertiary/aromatic N) is 1. The van der Waals surface area contributed by atoms with Crippen molar-refractivity contribution in [2.45, 2.75) is 19.9 Å². The van der Waals surface area contributed by atoms with Gasteiger partial charge in [0.2, 0.25) is 0 Å². The third kappa shape index (κ3) is 3.46. The van der Waals surface area contributed by atoms with Crippen molar-refractivity contribution in [1.82, 2.24) is 10.3 Å². The second-order valence-corrected chi connectivity index (χ2v) is 4.87.